The topological polar surface area (TPSA) is 24.4 Å². The van der Waals surface area contributed by atoms with E-state index in [0.29, 0.717) is 6.04 Å². The van der Waals surface area contributed by atoms with Crippen LogP contribution in [0.5, 0.6) is 0 Å². The monoisotopic (exact) mass is 452 g/mol. The van der Waals surface area contributed by atoms with Crippen molar-refractivity contribution in [2.45, 2.75) is 26.8 Å². The van der Waals surface area contributed by atoms with Crippen molar-refractivity contribution in [1.82, 2.24) is 5.43 Å². The summed E-state index contributed by atoms with van der Waals surface area (Å²) in [5, 5.41) is 9.04. The molecule has 0 saturated carbocycles. The van der Waals surface area contributed by atoms with E-state index in [9.17, 15) is 0 Å². The SMILES string of the molecule is CC1NN=C([P+](c2ccccc2)(c2ccccc2)c2ccccc2)C1(C)C.[Br-]. The Bertz CT molecular complexity index is 843. The number of nitrogens with zero attached hydrogens (tertiary/aromatic N) is 1. The minimum atomic E-state index is -2.07. The second-order valence-electron chi connectivity index (χ2n) is 7.69. The predicted molar refractivity (Wildman–Crippen MR) is 119 cm³/mol. The lowest BCUT2D eigenvalue weighted by molar-refractivity contribution is -0.00000552. The van der Waals surface area contributed by atoms with Gasteiger partial charge in [0.05, 0.1) is 11.5 Å². The van der Waals surface area contributed by atoms with Crippen molar-refractivity contribution in [3.63, 3.8) is 0 Å². The Labute approximate surface area is 179 Å². The van der Waals surface area contributed by atoms with Crippen LogP contribution in [0.15, 0.2) is 96.1 Å². The van der Waals surface area contributed by atoms with E-state index in [-0.39, 0.29) is 22.4 Å². The normalized spacial score (nSPS) is 18.0. The van der Waals surface area contributed by atoms with Gasteiger partial charge in [0.1, 0.15) is 15.9 Å². The fourth-order valence-corrected chi connectivity index (χ4v) is 8.69. The summed E-state index contributed by atoms with van der Waals surface area (Å²) in [7, 11) is -2.07. The average Bonchev–Trinajstić information content (AvgIpc) is 2.99. The van der Waals surface area contributed by atoms with Crippen LogP contribution in [0.2, 0.25) is 0 Å². The van der Waals surface area contributed by atoms with Crippen molar-refractivity contribution < 1.29 is 17.0 Å². The number of halogens is 1. The molecule has 0 saturated heterocycles. The summed E-state index contributed by atoms with van der Waals surface area (Å²) in [5.41, 5.74) is 4.61. The van der Waals surface area contributed by atoms with Crippen molar-refractivity contribution in [2.24, 2.45) is 10.5 Å². The Morgan fingerprint density at radius 2 is 1.07 bits per heavy atom. The van der Waals surface area contributed by atoms with Crippen LogP contribution in [0.25, 0.3) is 0 Å². The molecule has 3 aromatic carbocycles. The lowest BCUT2D eigenvalue weighted by Crippen LogP contribution is -3.00. The van der Waals surface area contributed by atoms with Crippen molar-refractivity contribution in [2.75, 3.05) is 0 Å². The molecule has 0 bridgehead atoms. The molecule has 28 heavy (non-hydrogen) atoms. The van der Waals surface area contributed by atoms with Crippen molar-refractivity contribution in [1.29, 1.82) is 0 Å². The van der Waals surface area contributed by atoms with E-state index in [1.807, 2.05) is 0 Å². The van der Waals surface area contributed by atoms with Crippen LogP contribution in [-0.4, -0.2) is 11.5 Å². The minimum absolute atomic E-state index is 0. The first-order valence-corrected chi connectivity index (χ1v) is 11.3. The Balaban J connectivity index is 0.00000225. The second kappa shape index (κ2) is 8.19. The highest BCUT2D eigenvalue weighted by molar-refractivity contribution is 8.08. The van der Waals surface area contributed by atoms with Gasteiger partial charge in [-0.25, -0.2) is 0 Å². The number of hydrogen-bond acceptors (Lipinski definition) is 2. The summed E-state index contributed by atoms with van der Waals surface area (Å²) >= 11 is 0. The Kier molecular flexibility index (Phi) is 6.07. The molecule has 1 atom stereocenters. The molecular weight excluding hydrogens is 427 g/mol. The molecule has 1 aliphatic rings. The summed E-state index contributed by atoms with van der Waals surface area (Å²) in [6, 6.07) is 33.1. The van der Waals surface area contributed by atoms with E-state index >= 15 is 0 Å². The molecule has 0 amide bonds. The van der Waals surface area contributed by atoms with E-state index in [2.05, 4.69) is 117 Å². The molecule has 0 aromatic heterocycles. The van der Waals surface area contributed by atoms with Gasteiger partial charge in [-0.2, -0.15) is 0 Å². The van der Waals surface area contributed by atoms with Gasteiger partial charge in [-0.15, -0.1) is 5.10 Å². The summed E-state index contributed by atoms with van der Waals surface area (Å²) < 4.78 is 0. The van der Waals surface area contributed by atoms with Gasteiger partial charge in [-0.3, -0.25) is 0 Å². The Morgan fingerprint density at radius 3 is 1.36 bits per heavy atom. The second-order valence-corrected chi connectivity index (χ2v) is 11.0. The molecule has 4 rings (SSSR count). The molecule has 0 aliphatic carbocycles. The number of benzene rings is 3. The molecule has 4 heteroatoms. The first-order chi connectivity index (χ1) is 13.1. The highest BCUT2D eigenvalue weighted by Crippen LogP contribution is 2.62. The number of rotatable bonds is 4. The third-order valence-electron chi connectivity index (χ3n) is 5.77. The van der Waals surface area contributed by atoms with Crippen molar-refractivity contribution >= 4 is 28.6 Å². The van der Waals surface area contributed by atoms with Gasteiger partial charge in [-0.1, -0.05) is 54.6 Å². The summed E-state index contributed by atoms with van der Waals surface area (Å²) in [6.45, 7) is 6.87. The van der Waals surface area contributed by atoms with E-state index in [1.54, 1.807) is 0 Å². The summed E-state index contributed by atoms with van der Waals surface area (Å²) in [4.78, 5) is 0. The zero-order chi connectivity index (χ0) is 18.9. The van der Waals surface area contributed by atoms with Crippen LogP contribution in [0.3, 0.4) is 0 Å². The van der Waals surface area contributed by atoms with Gasteiger partial charge in [0.15, 0.2) is 12.7 Å². The van der Waals surface area contributed by atoms with Gasteiger partial charge in [0.2, 0.25) is 0 Å². The first kappa shape index (κ1) is 20.8. The van der Waals surface area contributed by atoms with Crippen LogP contribution in [-0.2, 0) is 0 Å². The van der Waals surface area contributed by atoms with E-state index in [4.69, 9.17) is 5.10 Å². The van der Waals surface area contributed by atoms with Gasteiger partial charge in [0.25, 0.3) is 0 Å². The van der Waals surface area contributed by atoms with Gasteiger partial charge in [-0.05, 0) is 57.2 Å². The van der Waals surface area contributed by atoms with Gasteiger partial charge in [0, 0.05) is 0 Å². The zero-order valence-electron chi connectivity index (χ0n) is 16.5. The Morgan fingerprint density at radius 1 is 0.714 bits per heavy atom. The fourth-order valence-electron chi connectivity index (χ4n) is 3.93. The smallest absolute Gasteiger partial charge is 0.199 e. The molecule has 1 N–H and O–H groups in total. The third-order valence-corrected chi connectivity index (χ3v) is 10.3. The zero-order valence-corrected chi connectivity index (χ0v) is 19.0. The van der Waals surface area contributed by atoms with Crippen molar-refractivity contribution in [3.05, 3.63) is 91.0 Å². The molecule has 1 heterocycles. The van der Waals surface area contributed by atoms with Gasteiger partial charge >= 0.3 is 0 Å². The van der Waals surface area contributed by atoms with E-state index < -0.39 is 7.26 Å². The maximum absolute atomic E-state index is 4.99. The highest BCUT2D eigenvalue weighted by Gasteiger charge is 2.59. The predicted octanol–water partition coefficient (Wildman–Crippen LogP) is 1.32. The van der Waals surface area contributed by atoms with Crippen LogP contribution in [0.1, 0.15) is 20.8 Å². The summed E-state index contributed by atoms with van der Waals surface area (Å²) in [5.74, 6) is 0. The van der Waals surface area contributed by atoms with Crippen LogP contribution < -0.4 is 38.3 Å². The summed E-state index contributed by atoms with van der Waals surface area (Å²) in [6.07, 6.45) is 0. The largest absolute Gasteiger partial charge is 1.00 e. The molecule has 1 aliphatic heterocycles. The lowest BCUT2D eigenvalue weighted by Gasteiger charge is -2.33. The highest BCUT2D eigenvalue weighted by atomic mass is 79.9. The lowest BCUT2D eigenvalue weighted by atomic mass is 9.88. The molecule has 1 unspecified atom stereocenters. The molecule has 2 nitrogen and oxygen atoms in total. The van der Waals surface area contributed by atoms with E-state index in [0.717, 1.165) is 0 Å². The third kappa shape index (κ3) is 3.21. The maximum atomic E-state index is 4.99. The fraction of sp³-hybridized carbons (Fsp3) is 0.208. The van der Waals surface area contributed by atoms with E-state index in [1.165, 1.54) is 21.4 Å². The number of hydrazone groups is 1. The molecule has 0 radical (unpaired) electrons. The minimum Gasteiger partial charge on any atom is -1.00 e. The molecule has 144 valence electrons. The molecule has 3 aromatic rings. The maximum Gasteiger partial charge on any atom is 0.199 e. The van der Waals surface area contributed by atoms with Crippen molar-refractivity contribution in [3.8, 4) is 0 Å². The first-order valence-electron chi connectivity index (χ1n) is 9.48. The number of hydrogen-bond donors (Lipinski definition) is 1. The van der Waals surface area contributed by atoms with Gasteiger partial charge < -0.3 is 22.4 Å². The molecule has 0 spiro atoms. The number of nitrogens with one attached hydrogen (secondary N) is 1. The van der Waals surface area contributed by atoms with Crippen LogP contribution >= 0.6 is 7.26 Å². The molecule has 0 fully saturated rings. The quantitative estimate of drug-likeness (QED) is 0.593. The standard InChI is InChI=1S/C24H26N2P.BrH/c1-19-24(2,3)23(26-25-19)27(20-13-7-4-8-14-20,21-15-9-5-10-16-21)22-17-11-6-12-18-22;/h4-19,25H,1-3H3;1H/q+1;/p-1. The molecular formula is C24H26BrN2P. The average molecular weight is 453 g/mol. The van der Waals surface area contributed by atoms with Crippen LogP contribution in [0.4, 0.5) is 0 Å². The Hall–Kier alpha value is -1.96. The van der Waals surface area contributed by atoms with Crippen LogP contribution in [0, 0.1) is 5.41 Å².